The molecule has 0 bridgehead atoms. The summed E-state index contributed by atoms with van der Waals surface area (Å²) in [6.07, 6.45) is 6.16. The number of anilines is 3. The topological polar surface area (TPSA) is 111 Å². The van der Waals surface area contributed by atoms with E-state index < -0.39 is 22.5 Å². The van der Waals surface area contributed by atoms with E-state index in [9.17, 15) is 23.1 Å². The normalized spacial score (nSPS) is 13.8. The molecule has 1 fully saturated rings. The van der Waals surface area contributed by atoms with Crippen molar-refractivity contribution in [3.8, 4) is 0 Å². The van der Waals surface area contributed by atoms with E-state index in [4.69, 9.17) is 0 Å². The number of sulfonamides is 1. The Bertz CT molecular complexity index is 1260. The minimum absolute atomic E-state index is 0.0102. The van der Waals surface area contributed by atoms with Crippen LogP contribution < -0.4 is 9.21 Å². The first-order chi connectivity index (χ1) is 16.9. The molecule has 0 radical (unpaired) electrons. The number of aromatic nitrogens is 1. The maximum absolute atomic E-state index is 13.5. The van der Waals surface area contributed by atoms with Gasteiger partial charge in [-0.1, -0.05) is 18.2 Å². The molecule has 1 N–H and O–H groups in total. The fraction of sp³-hybridized carbons (Fsp3) is 0.240. The summed E-state index contributed by atoms with van der Waals surface area (Å²) < 4.78 is 27.3. The van der Waals surface area contributed by atoms with E-state index in [1.807, 2.05) is 0 Å². The lowest BCUT2D eigenvalue weighted by Crippen LogP contribution is -2.43. The van der Waals surface area contributed by atoms with Crippen molar-refractivity contribution in [3.05, 3.63) is 79.1 Å². The van der Waals surface area contributed by atoms with Gasteiger partial charge in [-0.15, -0.1) is 0 Å². The number of carbonyl (C=O) groups excluding carboxylic acids is 1. The molecule has 0 spiro atoms. The van der Waals surface area contributed by atoms with Crippen molar-refractivity contribution in [3.63, 3.8) is 0 Å². The summed E-state index contributed by atoms with van der Waals surface area (Å²) >= 11 is 0. The van der Waals surface area contributed by atoms with Crippen LogP contribution in [-0.4, -0.2) is 55.0 Å². The standard InChI is InChI=1S/C25H26N4O5S/c30-24(31)19-28(35(33,34)23-7-3-1-4-8-23)20-9-11-21(12-10-20)29(22-13-15-26-16-14-22)25(32)27-17-5-2-6-18-27/h1,3-4,7-16H,2,5-6,17-19H2,(H,30,31). The maximum Gasteiger partial charge on any atom is 0.329 e. The first-order valence-corrected chi connectivity index (χ1v) is 12.7. The smallest absolute Gasteiger partial charge is 0.329 e. The van der Waals surface area contributed by atoms with Gasteiger partial charge in [-0.05, 0) is 67.8 Å². The van der Waals surface area contributed by atoms with E-state index in [1.165, 1.54) is 24.3 Å². The number of pyridine rings is 1. The average Bonchev–Trinajstić information content (AvgIpc) is 2.89. The Morgan fingerprint density at radius 3 is 2.00 bits per heavy atom. The number of aliphatic carboxylic acids is 1. The number of benzene rings is 2. The Morgan fingerprint density at radius 2 is 1.40 bits per heavy atom. The lowest BCUT2D eigenvalue weighted by Gasteiger charge is -2.33. The second kappa shape index (κ2) is 10.6. The summed E-state index contributed by atoms with van der Waals surface area (Å²) in [7, 11) is -4.11. The molecule has 2 heterocycles. The number of rotatable bonds is 7. The van der Waals surface area contributed by atoms with Gasteiger partial charge in [0.15, 0.2) is 0 Å². The number of carboxylic acid groups (broad SMARTS) is 1. The maximum atomic E-state index is 13.5. The second-order valence-corrected chi connectivity index (χ2v) is 9.97. The molecular formula is C25H26N4O5S. The number of nitrogens with zero attached hydrogens (tertiary/aromatic N) is 4. The number of amides is 2. The van der Waals surface area contributed by atoms with Crippen molar-refractivity contribution in [2.75, 3.05) is 28.8 Å². The van der Waals surface area contributed by atoms with Crippen molar-refractivity contribution in [1.29, 1.82) is 0 Å². The molecule has 35 heavy (non-hydrogen) atoms. The van der Waals surface area contributed by atoms with Gasteiger partial charge in [0.2, 0.25) is 0 Å². The minimum atomic E-state index is -4.11. The summed E-state index contributed by atoms with van der Waals surface area (Å²) in [4.78, 5) is 32.4. The van der Waals surface area contributed by atoms with Crippen molar-refractivity contribution in [2.45, 2.75) is 24.2 Å². The van der Waals surface area contributed by atoms with E-state index in [-0.39, 0.29) is 16.6 Å². The van der Waals surface area contributed by atoms with Gasteiger partial charge in [-0.2, -0.15) is 0 Å². The summed E-state index contributed by atoms with van der Waals surface area (Å²) in [5, 5.41) is 9.39. The molecular weight excluding hydrogens is 468 g/mol. The molecule has 1 aliphatic rings. The van der Waals surface area contributed by atoms with Gasteiger partial charge < -0.3 is 10.0 Å². The second-order valence-electron chi connectivity index (χ2n) is 8.11. The van der Waals surface area contributed by atoms with Crippen molar-refractivity contribution in [1.82, 2.24) is 9.88 Å². The van der Waals surface area contributed by atoms with E-state index in [1.54, 1.807) is 64.7 Å². The predicted octanol–water partition coefficient (Wildman–Crippen LogP) is 4.11. The number of carboxylic acids is 1. The van der Waals surface area contributed by atoms with Gasteiger partial charge >= 0.3 is 12.0 Å². The Labute approximate surface area is 204 Å². The summed E-state index contributed by atoms with van der Waals surface area (Å²) in [5.74, 6) is -1.28. The largest absolute Gasteiger partial charge is 0.480 e. The molecule has 0 aliphatic carbocycles. The van der Waals surface area contributed by atoms with Gasteiger partial charge in [-0.25, -0.2) is 13.2 Å². The SMILES string of the molecule is O=C(O)CN(c1ccc(N(C(=O)N2CCCCC2)c2ccncc2)cc1)S(=O)(=O)c1ccccc1. The molecule has 1 aliphatic heterocycles. The molecule has 0 unspecified atom stereocenters. The molecule has 1 saturated heterocycles. The molecule has 10 heteroatoms. The van der Waals surface area contributed by atoms with Crippen LogP contribution in [0.25, 0.3) is 0 Å². The number of piperidine rings is 1. The third-order valence-electron chi connectivity index (χ3n) is 5.74. The Morgan fingerprint density at radius 1 is 0.829 bits per heavy atom. The van der Waals surface area contributed by atoms with Gasteiger partial charge in [0.1, 0.15) is 6.54 Å². The van der Waals surface area contributed by atoms with Gasteiger partial charge in [0.05, 0.1) is 22.0 Å². The summed E-state index contributed by atoms with van der Waals surface area (Å²) in [6, 6.07) is 17.2. The minimum Gasteiger partial charge on any atom is -0.480 e. The monoisotopic (exact) mass is 494 g/mol. The fourth-order valence-corrected chi connectivity index (χ4v) is 5.45. The summed E-state index contributed by atoms with van der Waals surface area (Å²) in [5.41, 5.74) is 1.34. The van der Waals surface area contributed by atoms with Crippen molar-refractivity contribution in [2.24, 2.45) is 0 Å². The van der Waals surface area contributed by atoms with Crippen LogP contribution in [-0.2, 0) is 14.8 Å². The van der Waals surface area contributed by atoms with Gasteiger partial charge in [-0.3, -0.25) is 19.0 Å². The highest BCUT2D eigenvalue weighted by atomic mass is 32.2. The first-order valence-electron chi connectivity index (χ1n) is 11.3. The van der Waals surface area contributed by atoms with Crippen LogP contribution in [0.5, 0.6) is 0 Å². The zero-order valence-corrected chi connectivity index (χ0v) is 19.8. The highest BCUT2D eigenvalue weighted by Crippen LogP contribution is 2.31. The molecule has 2 aromatic carbocycles. The van der Waals surface area contributed by atoms with Crippen LogP contribution in [0.4, 0.5) is 21.9 Å². The van der Waals surface area contributed by atoms with Crippen LogP contribution in [0.15, 0.2) is 84.0 Å². The van der Waals surface area contributed by atoms with Crippen LogP contribution in [0.1, 0.15) is 19.3 Å². The van der Waals surface area contributed by atoms with Crippen molar-refractivity contribution >= 4 is 39.1 Å². The molecule has 2 amide bonds. The van der Waals surface area contributed by atoms with Crippen LogP contribution >= 0.6 is 0 Å². The highest BCUT2D eigenvalue weighted by Gasteiger charge is 2.29. The first kappa shape index (κ1) is 24.2. The number of likely N-dealkylation sites (tertiary alicyclic amines) is 1. The van der Waals surface area contributed by atoms with Crippen LogP contribution in [0.2, 0.25) is 0 Å². The quantitative estimate of drug-likeness (QED) is 0.529. The Kier molecular flexibility index (Phi) is 7.31. The van der Waals surface area contributed by atoms with E-state index >= 15 is 0 Å². The van der Waals surface area contributed by atoms with E-state index in [0.29, 0.717) is 24.5 Å². The number of hydrogen-bond donors (Lipinski definition) is 1. The fourth-order valence-electron chi connectivity index (χ4n) is 4.02. The average molecular weight is 495 g/mol. The molecule has 9 nitrogen and oxygen atoms in total. The lowest BCUT2D eigenvalue weighted by molar-refractivity contribution is -0.135. The zero-order valence-electron chi connectivity index (χ0n) is 19.0. The number of urea groups is 1. The lowest BCUT2D eigenvalue weighted by atomic mass is 10.1. The molecule has 182 valence electrons. The van der Waals surface area contributed by atoms with Crippen molar-refractivity contribution < 1.29 is 23.1 Å². The van der Waals surface area contributed by atoms with Crippen LogP contribution in [0, 0.1) is 0 Å². The number of hydrogen-bond acceptors (Lipinski definition) is 5. The van der Waals surface area contributed by atoms with E-state index in [0.717, 1.165) is 23.6 Å². The molecule has 1 aromatic heterocycles. The highest BCUT2D eigenvalue weighted by molar-refractivity contribution is 7.92. The molecule has 0 atom stereocenters. The predicted molar refractivity (Wildman–Crippen MR) is 132 cm³/mol. The zero-order chi connectivity index (χ0) is 24.8. The van der Waals surface area contributed by atoms with Crippen LogP contribution in [0.3, 0.4) is 0 Å². The Hall–Kier alpha value is -3.92. The Balaban J connectivity index is 1.70. The third-order valence-corrected chi connectivity index (χ3v) is 7.53. The summed E-state index contributed by atoms with van der Waals surface area (Å²) in [6.45, 7) is 0.595. The molecule has 4 rings (SSSR count). The third kappa shape index (κ3) is 5.43. The van der Waals surface area contributed by atoms with Gasteiger partial charge in [0.25, 0.3) is 10.0 Å². The van der Waals surface area contributed by atoms with E-state index in [2.05, 4.69) is 4.98 Å². The van der Waals surface area contributed by atoms with Gasteiger partial charge in [0, 0.05) is 25.5 Å². The molecule has 3 aromatic rings. The molecule has 0 saturated carbocycles. The number of carbonyl (C=O) groups is 2.